The highest BCUT2D eigenvalue weighted by Gasteiger charge is 2.31. The van der Waals surface area contributed by atoms with Crippen molar-refractivity contribution in [3.63, 3.8) is 0 Å². The lowest BCUT2D eigenvalue weighted by atomic mass is 10.2. The highest BCUT2D eigenvalue weighted by Crippen LogP contribution is 2.17. The molecular formula is C24H28N6O4. The van der Waals surface area contributed by atoms with Crippen LogP contribution in [0.25, 0.3) is 0 Å². The maximum absolute atomic E-state index is 13.1. The lowest BCUT2D eigenvalue weighted by Crippen LogP contribution is -2.40. The summed E-state index contributed by atoms with van der Waals surface area (Å²) in [7, 11) is 1.62. The molecule has 2 aromatic heterocycles. The van der Waals surface area contributed by atoms with E-state index in [2.05, 4.69) is 15.1 Å². The van der Waals surface area contributed by atoms with Crippen molar-refractivity contribution in [2.45, 2.75) is 32.2 Å². The van der Waals surface area contributed by atoms with Crippen LogP contribution in [0, 0.1) is 0 Å². The van der Waals surface area contributed by atoms with E-state index in [4.69, 9.17) is 9.47 Å². The van der Waals surface area contributed by atoms with Gasteiger partial charge in [0.2, 0.25) is 11.8 Å². The molecule has 0 aliphatic carbocycles. The summed E-state index contributed by atoms with van der Waals surface area (Å²) < 4.78 is 13.0. The molecule has 1 aromatic carbocycles. The Kier molecular flexibility index (Phi) is 7.82. The number of aryl methyl sites for hydroxylation is 1. The molecule has 4 rings (SSSR count). The van der Waals surface area contributed by atoms with E-state index in [1.165, 1.54) is 6.33 Å². The van der Waals surface area contributed by atoms with E-state index in [0.29, 0.717) is 32.8 Å². The number of carbonyl (C=O) groups is 2. The fourth-order valence-corrected chi connectivity index (χ4v) is 3.79. The number of ether oxygens (including phenoxy) is 2. The number of amides is 2. The van der Waals surface area contributed by atoms with Crippen LogP contribution < -0.4 is 4.74 Å². The molecule has 1 saturated heterocycles. The fraction of sp³-hybridized carbons (Fsp3) is 0.375. The van der Waals surface area contributed by atoms with Crippen molar-refractivity contribution >= 4 is 11.8 Å². The Morgan fingerprint density at radius 3 is 2.68 bits per heavy atom. The largest absolute Gasteiger partial charge is 0.497 e. The second kappa shape index (κ2) is 11.4. The van der Waals surface area contributed by atoms with Gasteiger partial charge >= 0.3 is 0 Å². The number of carbonyl (C=O) groups excluding carboxylic acids is 2. The Balaban J connectivity index is 1.45. The predicted molar refractivity (Wildman–Crippen MR) is 122 cm³/mol. The number of benzene rings is 1. The summed E-state index contributed by atoms with van der Waals surface area (Å²) in [5.41, 5.74) is 1.91. The van der Waals surface area contributed by atoms with Gasteiger partial charge in [0.05, 0.1) is 32.9 Å². The van der Waals surface area contributed by atoms with Crippen molar-refractivity contribution in [3.05, 3.63) is 72.6 Å². The van der Waals surface area contributed by atoms with Gasteiger partial charge in [-0.3, -0.25) is 19.3 Å². The molecule has 1 aliphatic rings. The maximum atomic E-state index is 13.1. The first kappa shape index (κ1) is 23.4. The smallest absolute Gasteiger partial charge is 0.242 e. The zero-order valence-corrected chi connectivity index (χ0v) is 19.1. The molecule has 10 heteroatoms. The molecule has 3 aromatic rings. The molecule has 178 valence electrons. The molecule has 0 unspecified atom stereocenters. The van der Waals surface area contributed by atoms with Gasteiger partial charge in [0.15, 0.2) is 0 Å². The highest BCUT2D eigenvalue weighted by atomic mass is 16.5. The Hall–Kier alpha value is -3.79. The summed E-state index contributed by atoms with van der Waals surface area (Å²) in [4.78, 5) is 37.4. The third-order valence-corrected chi connectivity index (χ3v) is 5.64. The van der Waals surface area contributed by atoms with Crippen LogP contribution in [0.15, 0.2) is 61.4 Å². The van der Waals surface area contributed by atoms with Crippen LogP contribution in [-0.4, -0.2) is 74.2 Å². The number of aromatic nitrogens is 4. The minimum absolute atomic E-state index is 0.0130. The molecule has 0 saturated carbocycles. The van der Waals surface area contributed by atoms with Gasteiger partial charge in [0.1, 0.15) is 18.4 Å². The van der Waals surface area contributed by atoms with Gasteiger partial charge in [-0.1, -0.05) is 18.2 Å². The minimum atomic E-state index is -0.333. The molecule has 1 aliphatic heterocycles. The van der Waals surface area contributed by atoms with Crippen molar-refractivity contribution in [1.82, 2.24) is 29.5 Å². The molecule has 3 heterocycles. The SMILES string of the molecule is COc1ccc(CN2C[C@@H](OCc3cccnc3)CN(C(=O)CCn3cncn3)CC2=O)cc1. The number of methoxy groups -OCH3 is 1. The van der Waals surface area contributed by atoms with Gasteiger partial charge < -0.3 is 19.3 Å². The van der Waals surface area contributed by atoms with E-state index >= 15 is 0 Å². The van der Waals surface area contributed by atoms with Crippen LogP contribution in [0.2, 0.25) is 0 Å². The average Bonchev–Trinajstić information content (AvgIpc) is 3.34. The highest BCUT2D eigenvalue weighted by molar-refractivity contribution is 5.85. The fourth-order valence-electron chi connectivity index (χ4n) is 3.79. The van der Waals surface area contributed by atoms with E-state index < -0.39 is 0 Å². The average molecular weight is 465 g/mol. The van der Waals surface area contributed by atoms with Gasteiger partial charge in [-0.2, -0.15) is 5.10 Å². The number of rotatable bonds is 9. The van der Waals surface area contributed by atoms with Gasteiger partial charge in [0, 0.05) is 38.4 Å². The Labute approximate surface area is 198 Å². The van der Waals surface area contributed by atoms with Gasteiger partial charge in [-0.15, -0.1) is 0 Å². The van der Waals surface area contributed by atoms with Gasteiger partial charge in [-0.25, -0.2) is 4.98 Å². The van der Waals surface area contributed by atoms with Crippen molar-refractivity contribution < 1.29 is 19.1 Å². The summed E-state index contributed by atoms with van der Waals surface area (Å²) >= 11 is 0. The summed E-state index contributed by atoms with van der Waals surface area (Å²) in [6.45, 7) is 1.92. The van der Waals surface area contributed by atoms with Crippen molar-refractivity contribution in [3.8, 4) is 5.75 Å². The molecular weight excluding hydrogens is 436 g/mol. The van der Waals surface area contributed by atoms with E-state index in [0.717, 1.165) is 16.9 Å². The van der Waals surface area contributed by atoms with Crippen LogP contribution in [0.1, 0.15) is 17.5 Å². The van der Waals surface area contributed by atoms with Crippen molar-refractivity contribution in [2.24, 2.45) is 0 Å². The topological polar surface area (TPSA) is 103 Å². The van der Waals surface area contributed by atoms with Crippen LogP contribution in [-0.2, 0) is 34.0 Å². The van der Waals surface area contributed by atoms with Crippen LogP contribution in [0.3, 0.4) is 0 Å². The maximum Gasteiger partial charge on any atom is 0.242 e. The van der Waals surface area contributed by atoms with Crippen molar-refractivity contribution in [1.29, 1.82) is 0 Å². The molecule has 0 N–H and O–H groups in total. The standard InChI is InChI=1S/C24H28N6O4/c1-33-21-6-4-19(5-7-21)12-28-13-22(34-16-20-3-2-9-25-11-20)14-29(15-24(28)32)23(31)8-10-30-18-26-17-27-30/h2-7,9,11,17-18,22H,8,10,12-16H2,1H3/t22-/m1/s1. The van der Waals surface area contributed by atoms with Crippen molar-refractivity contribution in [2.75, 3.05) is 26.7 Å². The quantitative estimate of drug-likeness (QED) is 0.473. The predicted octanol–water partition coefficient (Wildman–Crippen LogP) is 1.53. The van der Waals surface area contributed by atoms with Gasteiger partial charge in [0.25, 0.3) is 0 Å². The number of hydrogen-bond donors (Lipinski definition) is 0. The normalized spacial score (nSPS) is 16.4. The number of pyridine rings is 1. The third kappa shape index (κ3) is 6.38. The van der Waals surface area contributed by atoms with E-state index in [9.17, 15) is 9.59 Å². The first-order valence-electron chi connectivity index (χ1n) is 11.1. The lowest BCUT2D eigenvalue weighted by Gasteiger charge is -2.25. The van der Waals surface area contributed by atoms with E-state index in [1.807, 2.05) is 36.4 Å². The molecule has 1 fully saturated rings. The van der Waals surface area contributed by atoms with Gasteiger partial charge in [-0.05, 0) is 29.3 Å². The third-order valence-electron chi connectivity index (χ3n) is 5.64. The molecule has 0 spiro atoms. The van der Waals surface area contributed by atoms with Crippen LogP contribution in [0.4, 0.5) is 0 Å². The molecule has 34 heavy (non-hydrogen) atoms. The second-order valence-corrected chi connectivity index (χ2v) is 8.10. The van der Waals surface area contributed by atoms with E-state index in [-0.39, 0.29) is 30.9 Å². The Bertz CT molecular complexity index is 1060. The van der Waals surface area contributed by atoms with E-state index in [1.54, 1.807) is 40.3 Å². The summed E-state index contributed by atoms with van der Waals surface area (Å²) in [6, 6.07) is 11.4. The minimum Gasteiger partial charge on any atom is -0.497 e. The number of hydrogen-bond acceptors (Lipinski definition) is 7. The Morgan fingerprint density at radius 2 is 1.97 bits per heavy atom. The van der Waals surface area contributed by atoms with Crippen LogP contribution >= 0.6 is 0 Å². The lowest BCUT2D eigenvalue weighted by molar-refractivity contribution is -0.139. The summed E-state index contributed by atoms with van der Waals surface area (Å²) in [6.07, 6.45) is 6.35. The summed E-state index contributed by atoms with van der Waals surface area (Å²) in [5.74, 6) is 0.523. The molecule has 10 nitrogen and oxygen atoms in total. The van der Waals surface area contributed by atoms with Crippen LogP contribution in [0.5, 0.6) is 5.75 Å². The first-order chi connectivity index (χ1) is 16.6. The zero-order valence-electron chi connectivity index (χ0n) is 19.1. The second-order valence-electron chi connectivity index (χ2n) is 8.10. The molecule has 0 bridgehead atoms. The number of nitrogens with zero attached hydrogens (tertiary/aromatic N) is 6. The zero-order chi connectivity index (χ0) is 23.8. The molecule has 1 atom stereocenters. The molecule has 2 amide bonds. The monoisotopic (exact) mass is 464 g/mol. The first-order valence-corrected chi connectivity index (χ1v) is 11.1. The molecule has 0 radical (unpaired) electrons. The Morgan fingerprint density at radius 1 is 1.12 bits per heavy atom. The summed E-state index contributed by atoms with van der Waals surface area (Å²) in [5, 5.41) is 4.04.